The topological polar surface area (TPSA) is 55.6 Å². The molecule has 1 unspecified atom stereocenters. The van der Waals surface area contributed by atoms with Gasteiger partial charge < -0.3 is 5.32 Å². The van der Waals surface area contributed by atoms with Crippen LogP contribution in [0.15, 0.2) is 71.9 Å². The number of hydrogen-bond acceptors (Lipinski definition) is 4. The first-order valence-corrected chi connectivity index (χ1v) is 11.0. The average molecular weight is 480 g/mol. The highest BCUT2D eigenvalue weighted by Gasteiger charge is 2.17. The lowest BCUT2D eigenvalue weighted by molar-refractivity contribution is 0.569. The molecule has 0 aliphatic carbocycles. The van der Waals surface area contributed by atoms with E-state index >= 15 is 0 Å². The molecule has 0 amide bonds. The van der Waals surface area contributed by atoms with E-state index in [-0.39, 0.29) is 11.9 Å². The van der Waals surface area contributed by atoms with Gasteiger partial charge in [-0.25, -0.2) is 9.07 Å². The number of hydrogen-bond donors (Lipinski definition) is 1. The minimum Gasteiger partial charge on any atom is -0.378 e. The molecule has 4 rings (SSSR count). The third kappa shape index (κ3) is 4.51. The van der Waals surface area contributed by atoms with Crippen LogP contribution in [0.4, 0.5) is 4.39 Å². The fraction of sp³-hybridized carbons (Fsp3) is 0.208. The molecule has 0 bridgehead atoms. The first-order valence-electron chi connectivity index (χ1n) is 10.2. The Kier molecular flexibility index (Phi) is 6.42. The van der Waals surface area contributed by atoms with Crippen LogP contribution in [-0.2, 0) is 0 Å². The van der Waals surface area contributed by atoms with Crippen LogP contribution >= 0.6 is 15.9 Å². The van der Waals surface area contributed by atoms with Crippen molar-refractivity contribution in [2.45, 2.75) is 32.7 Å². The van der Waals surface area contributed by atoms with Gasteiger partial charge >= 0.3 is 0 Å². The minimum atomic E-state index is -0.275. The van der Waals surface area contributed by atoms with Crippen molar-refractivity contribution >= 4 is 32.5 Å². The molecule has 0 aliphatic heterocycles. The Morgan fingerprint density at radius 2 is 1.90 bits per heavy atom. The number of halogens is 2. The Labute approximate surface area is 189 Å². The molecule has 158 valence electrons. The summed E-state index contributed by atoms with van der Waals surface area (Å²) in [6.07, 6.45) is 13.2. The largest absolute Gasteiger partial charge is 0.378 e. The lowest BCUT2D eigenvalue weighted by atomic mass is 10.0. The Morgan fingerprint density at radius 1 is 1.13 bits per heavy atom. The first kappa shape index (κ1) is 21.2. The number of rotatable bonds is 7. The first-order chi connectivity index (χ1) is 15.1. The van der Waals surface area contributed by atoms with Crippen molar-refractivity contribution in [2.75, 3.05) is 0 Å². The number of aromatic nitrogens is 4. The van der Waals surface area contributed by atoms with E-state index in [1.807, 2.05) is 25.5 Å². The molecule has 0 saturated heterocycles. The van der Waals surface area contributed by atoms with Crippen LogP contribution in [-0.4, -0.2) is 19.7 Å². The molecule has 4 aromatic rings. The number of pyridine rings is 2. The fourth-order valence-corrected chi connectivity index (χ4v) is 4.06. The maximum absolute atomic E-state index is 13.3. The molecule has 31 heavy (non-hydrogen) atoms. The zero-order valence-electron chi connectivity index (χ0n) is 17.4. The Bertz CT molecular complexity index is 1220. The van der Waals surface area contributed by atoms with Crippen molar-refractivity contribution < 1.29 is 4.39 Å². The van der Waals surface area contributed by atoms with E-state index < -0.39 is 0 Å². The van der Waals surface area contributed by atoms with Gasteiger partial charge in [0.2, 0.25) is 0 Å². The molecule has 3 aromatic heterocycles. The number of fused-ring (bicyclic) bond motifs is 1. The lowest BCUT2D eigenvalue weighted by Crippen LogP contribution is -2.20. The van der Waals surface area contributed by atoms with Crippen LogP contribution < -0.4 is 5.32 Å². The van der Waals surface area contributed by atoms with Gasteiger partial charge in [0.05, 0.1) is 29.6 Å². The number of benzene rings is 1. The molecular weight excluding hydrogens is 457 g/mol. The molecule has 5 nitrogen and oxygen atoms in total. The molecule has 0 spiro atoms. The summed E-state index contributed by atoms with van der Waals surface area (Å²) in [4.78, 5) is 8.79. The van der Waals surface area contributed by atoms with Crippen LogP contribution in [0, 0.1) is 5.82 Å². The highest BCUT2D eigenvalue weighted by Crippen LogP contribution is 2.29. The zero-order valence-corrected chi connectivity index (χ0v) is 19.0. The van der Waals surface area contributed by atoms with Crippen molar-refractivity contribution in [3.05, 3.63) is 88.8 Å². The van der Waals surface area contributed by atoms with Crippen molar-refractivity contribution in [1.29, 1.82) is 0 Å². The minimum absolute atomic E-state index is 0.114. The van der Waals surface area contributed by atoms with Crippen molar-refractivity contribution in [3.8, 4) is 5.69 Å². The summed E-state index contributed by atoms with van der Waals surface area (Å²) >= 11 is 3.52. The molecule has 7 heteroatoms. The van der Waals surface area contributed by atoms with Crippen LogP contribution in [0.1, 0.15) is 43.9 Å². The van der Waals surface area contributed by atoms with Gasteiger partial charge in [0, 0.05) is 39.7 Å². The predicted molar refractivity (Wildman–Crippen MR) is 125 cm³/mol. The fourth-order valence-electron chi connectivity index (χ4n) is 3.68. The Balaban J connectivity index is 1.71. The standard InChI is InChI=1S/C24H23BrFN5/c1-3-5-23(16-10-17(25)12-27-11-16)30-22(4-2)20-13-28-15-24-21(20)14-29-31(24)19-8-6-18(26)7-9-19/h4,6-15,23,30H,3,5H2,1-2H3. The maximum atomic E-state index is 13.3. The van der Waals surface area contributed by atoms with Gasteiger partial charge in [-0.2, -0.15) is 5.10 Å². The lowest BCUT2D eigenvalue weighted by Gasteiger charge is -2.22. The molecular formula is C24H23BrFN5. The normalized spacial score (nSPS) is 12.8. The van der Waals surface area contributed by atoms with Gasteiger partial charge in [0.15, 0.2) is 0 Å². The van der Waals surface area contributed by atoms with Crippen LogP contribution in [0.5, 0.6) is 0 Å². The summed E-state index contributed by atoms with van der Waals surface area (Å²) in [5, 5.41) is 9.20. The highest BCUT2D eigenvalue weighted by atomic mass is 79.9. The van der Waals surface area contributed by atoms with E-state index in [0.29, 0.717) is 0 Å². The summed E-state index contributed by atoms with van der Waals surface area (Å²) in [5.41, 5.74) is 4.72. The SMILES string of the molecule is CC=C(NC(CCC)c1cncc(Br)c1)c1cncc2c1cnn2-c1ccc(F)cc1. The monoisotopic (exact) mass is 479 g/mol. The van der Waals surface area contributed by atoms with Gasteiger partial charge in [0.1, 0.15) is 5.82 Å². The second kappa shape index (κ2) is 9.39. The molecule has 0 fully saturated rings. The molecule has 0 radical (unpaired) electrons. The number of nitrogens with one attached hydrogen (secondary N) is 1. The number of nitrogens with zero attached hydrogens (tertiary/aromatic N) is 4. The second-order valence-electron chi connectivity index (χ2n) is 7.28. The summed E-state index contributed by atoms with van der Waals surface area (Å²) in [7, 11) is 0. The quantitative estimate of drug-likeness (QED) is 0.342. The Hall–Kier alpha value is -3.06. The molecule has 0 saturated carbocycles. The predicted octanol–water partition coefficient (Wildman–Crippen LogP) is 6.21. The highest BCUT2D eigenvalue weighted by molar-refractivity contribution is 9.10. The van der Waals surface area contributed by atoms with Gasteiger partial charge in [-0.05, 0) is 65.2 Å². The van der Waals surface area contributed by atoms with Gasteiger partial charge in [-0.15, -0.1) is 0 Å². The molecule has 3 heterocycles. The van der Waals surface area contributed by atoms with Gasteiger partial charge in [0.25, 0.3) is 0 Å². The molecule has 1 N–H and O–H groups in total. The smallest absolute Gasteiger partial charge is 0.123 e. The maximum Gasteiger partial charge on any atom is 0.123 e. The van der Waals surface area contributed by atoms with E-state index in [4.69, 9.17) is 0 Å². The molecule has 1 atom stereocenters. The summed E-state index contributed by atoms with van der Waals surface area (Å²) in [5.74, 6) is -0.275. The van der Waals surface area contributed by atoms with Crippen molar-refractivity contribution in [1.82, 2.24) is 25.1 Å². The van der Waals surface area contributed by atoms with Gasteiger partial charge in [-0.1, -0.05) is 19.4 Å². The van der Waals surface area contributed by atoms with Crippen molar-refractivity contribution in [2.24, 2.45) is 0 Å². The third-order valence-electron chi connectivity index (χ3n) is 5.18. The zero-order chi connectivity index (χ0) is 21.8. The summed E-state index contributed by atoms with van der Waals surface area (Å²) in [6, 6.07) is 8.49. The van der Waals surface area contributed by atoms with Crippen molar-refractivity contribution in [3.63, 3.8) is 0 Å². The van der Waals surface area contributed by atoms with Crippen LogP contribution in [0.25, 0.3) is 22.3 Å². The van der Waals surface area contributed by atoms with E-state index in [1.54, 1.807) is 29.2 Å². The van der Waals surface area contributed by atoms with E-state index in [2.05, 4.69) is 55.4 Å². The van der Waals surface area contributed by atoms with E-state index in [9.17, 15) is 4.39 Å². The summed E-state index contributed by atoms with van der Waals surface area (Å²) < 4.78 is 16.1. The van der Waals surface area contributed by atoms with Gasteiger partial charge in [-0.3, -0.25) is 9.97 Å². The second-order valence-corrected chi connectivity index (χ2v) is 8.19. The molecule has 0 aliphatic rings. The van der Waals surface area contributed by atoms with E-state index in [0.717, 1.165) is 50.7 Å². The third-order valence-corrected chi connectivity index (χ3v) is 5.62. The molecule has 1 aromatic carbocycles. The van der Waals surface area contributed by atoms with Crippen LogP contribution in [0.3, 0.4) is 0 Å². The Morgan fingerprint density at radius 3 is 2.61 bits per heavy atom. The average Bonchev–Trinajstić information content (AvgIpc) is 3.22. The van der Waals surface area contributed by atoms with E-state index in [1.165, 1.54) is 12.1 Å². The van der Waals surface area contributed by atoms with Crippen LogP contribution in [0.2, 0.25) is 0 Å². The summed E-state index contributed by atoms with van der Waals surface area (Å²) in [6.45, 7) is 4.18. The number of allylic oxidation sites excluding steroid dienone is 1.